The maximum atomic E-state index is 13.0. The number of methoxy groups -OCH3 is 1. The molecule has 0 aliphatic rings. The fourth-order valence-corrected chi connectivity index (χ4v) is 3.89. The highest BCUT2D eigenvalue weighted by atomic mass is 16.5. The van der Waals surface area contributed by atoms with E-state index in [-0.39, 0.29) is 11.5 Å². The summed E-state index contributed by atoms with van der Waals surface area (Å²) < 4.78 is 8.48. The minimum absolute atomic E-state index is 0.147. The number of amides is 1. The lowest BCUT2D eigenvalue weighted by Gasteiger charge is -2.17. The number of benzene rings is 2. The number of nitrogens with zero attached hydrogens (tertiary/aromatic N) is 3. The molecule has 2 heterocycles. The fourth-order valence-electron chi connectivity index (χ4n) is 3.89. The topological polar surface area (TPSA) is 78.2 Å². The van der Waals surface area contributed by atoms with Crippen LogP contribution in [0.15, 0.2) is 59.5 Å². The molecule has 7 heteroatoms. The average Bonchev–Trinajstić information content (AvgIpc) is 3.11. The Morgan fingerprint density at radius 2 is 1.87 bits per heavy atom. The number of para-hydroxylation sites is 2. The highest BCUT2D eigenvalue weighted by Crippen LogP contribution is 2.29. The highest BCUT2D eigenvalue weighted by Gasteiger charge is 2.23. The SMILES string of the molecule is COc1ccccc1CCNC(=O)C(C)n1c2ccccc2c2cnn(C)c(=O)c21. The van der Waals surface area contributed by atoms with Crippen LogP contribution in [0.1, 0.15) is 18.5 Å². The molecule has 1 N–H and O–H groups in total. The molecule has 0 saturated heterocycles. The van der Waals surface area contributed by atoms with E-state index in [1.807, 2.05) is 60.0 Å². The Bertz CT molecular complexity index is 1290. The Balaban J connectivity index is 1.64. The molecule has 1 atom stereocenters. The molecule has 0 fully saturated rings. The van der Waals surface area contributed by atoms with Crippen LogP contribution in [0.3, 0.4) is 0 Å². The van der Waals surface area contributed by atoms with Crippen molar-refractivity contribution in [3.8, 4) is 5.75 Å². The number of fused-ring (bicyclic) bond motifs is 3. The quantitative estimate of drug-likeness (QED) is 0.536. The Morgan fingerprint density at radius 1 is 1.13 bits per heavy atom. The van der Waals surface area contributed by atoms with Gasteiger partial charge in [0.1, 0.15) is 17.3 Å². The maximum Gasteiger partial charge on any atom is 0.291 e. The van der Waals surface area contributed by atoms with Crippen molar-refractivity contribution in [3.05, 3.63) is 70.6 Å². The van der Waals surface area contributed by atoms with Gasteiger partial charge in [-0.15, -0.1) is 0 Å². The zero-order chi connectivity index (χ0) is 21.3. The lowest BCUT2D eigenvalue weighted by atomic mass is 10.1. The van der Waals surface area contributed by atoms with Crippen LogP contribution >= 0.6 is 0 Å². The van der Waals surface area contributed by atoms with Crippen LogP contribution in [-0.2, 0) is 18.3 Å². The summed E-state index contributed by atoms with van der Waals surface area (Å²) in [4.78, 5) is 25.8. The van der Waals surface area contributed by atoms with E-state index in [0.29, 0.717) is 18.5 Å². The van der Waals surface area contributed by atoms with Gasteiger partial charge in [0.2, 0.25) is 5.91 Å². The molecule has 1 amide bonds. The minimum Gasteiger partial charge on any atom is -0.496 e. The predicted octanol–water partition coefficient (Wildman–Crippen LogP) is 2.82. The Kier molecular flexibility index (Phi) is 5.27. The van der Waals surface area contributed by atoms with E-state index in [0.717, 1.165) is 27.6 Å². The molecule has 4 rings (SSSR count). The lowest BCUT2D eigenvalue weighted by molar-refractivity contribution is -0.123. The van der Waals surface area contributed by atoms with Crippen LogP contribution in [-0.4, -0.2) is 33.9 Å². The van der Waals surface area contributed by atoms with Crippen molar-refractivity contribution in [3.63, 3.8) is 0 Å². The number of carbonyl (C=O) groups is 1. The van der Waals surface area contributed by atoms with Gasteiger partial charge >= 0.3 is 0 Å². The second-order valence-corrected chi connectivity index (χ2v) is 7.25. The largest absolute Gasteiger partial charge is 0.496 e. The van der Waals surface area contributed by atoms with E-state index in [9.17, 15) is 9.59 Å². The number of hydrogen-bond acceptors (Lipinski definition) is 4. The number of nitrogens with one attached hydrogen (secondary N) is 1. The molecule has 0 radical (unpaired) electrons. The number of ether oxygens (including phenoxy) is 1. The monoisotopic (exact) mass is 404 g/mol. The first-order valence-corrected chi connectivity index (χ1v) is 9.87. The van der Waals surface area contributed by atoms with Gasteiger partial charge in [0.25, 0.3) is 5.56 Å². The van der Waals surface area contributed by atoms with E-state index < -0.39 is 6.04 Å². The van der Waals surface area contributed by atoms with Crippen molar-refractivity contribution >= 4 is 27.7 Å². The van der Waals surface area contributed by atoms with Crippen LogP contribution in [0.5, 0.6) is 5.75 Å². The first kappa shape index (κ1) is 19.7. The van der Waals surface area contributed by atoms with Gasteiger partial charge in [0.05, 0.1) is 18.8 Å². The van der Waals surface area contributed by atoms with Crippen molar-refractivity contribution < 1.29 is 9.53 Å². The first-order chi connectivity index (χ1) is 14.5. The molecular weight excluding hydrogens is 380 g/mol. The van der Waals surface area contributed by atoms with Gasteiger partial charge in [-0.1, -0.05) is 36.4 Å². The fraction of sp³-hybridized carbons (Fsp3) is 0.261. The number of hydrogen-bond donors (Lipinski definition) is 1. The summed E-state index contributed by atoms with van der Waals surface area (Å²) in [6.45, 7) is 2.28. The summed E-state index contributed by atoms with van der Waals surface area (Å²) >= 11 is 0. The van der Waals surface area contributed by atoms with Crippen LogP contribution in [0, 0.1) is 0 Å². The van der Waals surface area contributed by atoms with Gasteiger partial charge < -0.3 is 14.6 Å². The van der Waals surface area contributed by atoms with Crippen LogP contribution in [0.25, 0.3) is 21.8 Å². The third kappa shape index (κ3) is 3.32. The Hall–Kier alpha value is -3.61. The van der Waals surface area contributed by atoms with Crippen LogP contribution < -0.4 is 15.6 Å². The van der Waals surface area contributed by atoms with Gasteiger partial charge in [0, 0.05) is 24.4 Å². The second kappa shape index (κ2) is 8.02. The number of carbonyl (C=O) groups excluding carboxylic acids is 1. The molecule has 0 spiro atoms. The molecule has 0 aliphatic heterocycles. The summed E-state index contributed by atoms with van der Waals surface area (Å²) in [7, 11) is 3.25. The lowest BCUT2D eigenvalue weighted by Crippen LogP contribution is -2.33. The maximum absolute atomic E-state index is 13.0. The first-order valence-electron chi connectivity index (χ1n) is 9.87. The molecule has 4 aromatic rings. The minimum atomic E-state index is -0.555. The second-order valence-electron chi connectivity index (χ2n) is 7.25. The van der Waals surface area contributed by atoms with E-state index >= 15 is 0 Å². The predicted molar refractivity (Wildman–Crippen MR) is 117 cm³/mol. The van der Waals surface area contributed by atoms with Crippen molar-refractivity contribution in [1.82, 2.24) is 19.7 Å². The molecule has 30 heavy (non-hydrogen) atoms. The average molecular weight is 404 g/mol. The Labute approximate surface area is 173 Å². The standard InChI is InChI=1S/C23H24N4O3/c1-15(22(28)24-13-12-16-8-4-7-11-20(16)30-3)27-19-10-6-5-9-17(19)18-14-25-26(2)23(29)21(18)27/h4-11,14-15H,12-13H2,1-3H3,(H,24,28). The van der Waals surface area contributed by atoms with Gasteiger partial charge in [-0.3, -0.25) is 9.59 Å². The van der Waals surface area contributed by atoms with Gasteiger partial charge in [0.15, 0.2) is 0 Å². The molecule has 2 aromatic carbocycles. The molecule has 1 unspecified atom stereocenters. The molecule has 0 bridgehead atoms. The number of aryl methyl sites for hydroxylation is 1. The summed E-state index contributed by atoms with van der Waals surface area (Å²) in [5, 5.41) is 8.81. The van der Waals surface area contributed by atoms with Crippen molar-refractivity contribution in [2.75, 3.05) is 13.7 Å². The molecule has 7 nitrogen and oxygen atoms in total. The van der Waals surface area contributed by atoms with E-state index in [4.69, 9.17) is 4.74 Å². The molecule has 154 valence electrons. The van der Waals surface area contributed by atoms with E-state index in [1.165, 1.54) is 4.68 Å². The van der Waals surface area contributed by atoms with Gasteiger partial charge in [-0.25, -0.2) is 4.68 Å². The van der Waals surface area contributed by atoms with Crippen molar-refractivity contribution in [1.29, 1.82) is 0 Å². The molecule has 0 aliphatic carbocycles. The zero-order valence-electron chi connectivity index (χ0n) is 17.3. The van der Waals surface area contributed by atoms with Crippen LogP contribution in [0.2, 0.25) is 0 Å². The van der Waals surface area contributed by atoms with E-state index in [2.05, 4.69) is 10.4 Å². The summed E-state index contributed by atoms with van der Waals surface area (Å²) in [5.74, 6) is 0.657. The number of aromatic nitrogens is 3. The normalized spacial score (nSPS) is 12.2. The molecule has 0 saturated carbocycles. The third-order valence-electron chi connectivity index (χ3n) is 5.46. The van der Waals surface area contributed by atoms with Gasteiger partial charge in [-0.2, -0.15) is 5.10 Å². The molecule has 2 aromatic heterocycles. The van der Waals surface area contributed by atoms with E-state index in [1.54, 1.807) is 20.4 Å². The zero-order valence-corrected chi connectivity index (χ0v) is 17.3. The smallest absolute Gasteiger partial charge is 0.291 e. The van der Waals surface area contributed by atoms with Gasteiger partial charge in [-0.05, 0) is 31.0 Å². The molecular formula is C23H24N4O3. The van der Waals surface area contributed by atoms with Crippen LogP contribution in [0.4, 0.5) is 0 Å². The van der Waals surface area contributed by atoms with Crippen molar-refractivity contribution in [2.45, 2.75) is 19.4 Å². The van der Waals surface area contributed by atoms with Crippen molar-refractivity contribution in [2.24, 2.45) is 7.05 Å². The third-order valence-corrected chi connectivity index (χ3v) is 5.46. The summed E-state index contributed by atoms with van der Waals surface area (Å²) in [6.07, 6.45) is 2.34. The summed E-state index contributed by atoms with van der Waals surface area (Å²) in [5.41, 5.74) is 2.13. The summed E-state index contributed by atoms with van der Waals surface area (Å²) in [6, 6.07) is 14.9. The Morgan fingerprint density at radius 3 is 2.67 bits per heavy atom. The number of rotatable bonds is 6. The highest BCUT2D eigenvalue weighted by molar-refractivity contribution is 6.08.